The molecule has 0 aromatic heterocycles. The lowest BCUT2D eigenvalue weighted by Gasteiger charge is -2.45. The lowest BCUT2D eigenvalue weighted by molar-refractivity contribution is -0.384. The van der Waals surface area contributed by atoms with Gasteiger partial charge in [-0.25, -0.2) is 4.39 Å². The molecule has 0 saturated carbocycles. The van der Waals surface area contributed by atoms with Gasteiger partial charge in [0.15, 0.2) is 0 Å². The number of fused-ring (bicyclic) bond motifs is 2. The number of benzene rings is 2. The zero-order valence-corrected chi connectivity index (χ0v) is 14.1. The molecule has 0 N–H and O–H groups in total. The Bertz CT molecular complexity index is 938. The number of halogens is 1. The van der Waals surface area contributed by atoms with Crippen LogP contribution in [0.1, 0.15) is 25.0 Å². The molecule has 2 heterocycles. The van der Waals surface area contributed by atoms with Gasteiger partial charge in [-0.3, -0.25) is 10.1 Å². The molecule has 0 radical (unpaired) electrons. The Labute approximate surface area is 144 Å². The van der Waals surface area contributed by atoms with E-state index < -0.39 is 16.1 Å². The highest BCUT2D eigenvalue weighted by Gasteiger charge is 2.58. The highest BCUT2D eigenvalue weighted by molar-refractivity contribution is 5.73. The van der Waals surface area contributed by atoms with Gasteiger partial charge >= 0.3 is 0 Å². The number of hydrogen-bond acceptors (Lipinski definition) is 4. The van der Waals surface area contributed by atoms with Crippen LogP contribution < -0.4 is 9.64 Å². The van der Waals surface area contributed by atoms with Crippen molar-refractivity contribution in [2.45, 2.75) is 25.0 Å². The summed E-state index contributed by atoms with van der Waals surface area (Å²) in [6, 6.07) is 9.51. The Morgan fingerprint density at radius 1 is 1.24 bits per heavy atom. The van der Waals surface area contributed by atoms with Crippen molar-refractivity contribution in [1.82, 2.24) is 0 Å². The van der Waals surface area contributed by atoms with Crippen LogP contribution in [0.25, 0.3) is 6.08 Å². The van der Waals surface area contributed by atoms with Crippen LogP contribution >= 0.6 is 0 Å². The molecule has 25 heavy (non-hydrogen) atoms. The summed E-state index contributed by atoms with van der Waals surface area (Å²) in [5, 5.41) is 11.0. The number of anilines is 1. The van der Waals surface area contributed by atoms with Crippen molar-refractivity contribution in [3.05, 3.63) is 69.5 Å². The molecule has 0 amide bonds. The van der Waals surface area contributed by atoms with Crippen molar-refractivity contribution < 1.29 is 14.1 Å². The van der Waals surface area contributed by atoms with Gasteiger partial charge in [0.25, 0.3) is 5.69 Å². The van der Waals surface area contributed by atoms with Crippen molar-refractivity contribution in [3.8, 4) is 5.75 Å². The van der Waals surface area contributed by atoms with Crippen molar-refractivity contribution >= 4 is 17.5 Å². The van der Waals surface area contributed by atoms with Crippen LogP contribution in [0.15, 0.2) is 42.5 Å². The van der Waals surface area contributed by atoms with Gasteiger partial charge in [-0.2, -0.15) is 0 Å². The zero-order chi connectivity index (χ0) is 18.0. The van der Waals surface area contributed by atoms with Gasteiger partial charge in [0.05, 0.1) is 10.3 Å². The molecule has 2 aliphatic rings. The largest absolute Gasteiger partial charge is 0.463 e. The van der Waals surface area contributed by atoms with Crippen LogP contribution in [0.3, 0.4) is 0 Å². The van der Waals surface area contributed by atoms with E-state index in [0.29, 0.717) is 16.9 Å². The summed E-state index contributed by atoms with van der Waals surface area (Å²) in [6.45, 7) is 3.89. The Hall–Kier alpha value is -2.89. The number of nitro benzene ring substituents is 1. The second-order valence-electron chi connectivity index (χ2n) is 6.93. The van der Waals surface area contributed by atoms with Crippen LogP contribution in [-0.2, 0) is 5.41 Å². The first-order valence-electron chi connectivity index (χ1n) is 7.97. The second-order valence-corrected chi connectivity index (χ2v) is 6.93. The Morgan fingerprint density at radius 3 is 2.68 bits per heavy atom. The topological polar surface area (TPSA) is 55.6 Å². The summed E-state index contributed by atoms with van der Waals surface area (Å²) in [5.74, 6) is 0.277. The van der Waals surface area contributed by atoms with Crippen molar-refractivity contribution in [3.63, 3.8) is 0 Å². The molecule has 1 unspecified atom stereocenters. The molecule has 6 heteroatoms. The van der Waals surface area contributed by atoms with E-state index >= 15 is 0 Å². The van der Waals surface area contributed by atoms with Crippen molar-refractivity contribution in [1.29, 1.82) is 0 Å². The van der Waals surface area contributed by atoms with Gasteiger partial charge in [-0.15, -0.1) is 0 Å². The summed E-state index contributed by atoms with van der Waals surface area (Å²) in [5.41, 5.74) is 0.475. The summed E-state index contributed by atoms with van der Waals surface area (Å²) in [4.78, 5) is 12.5. The molecular weight excluding hydrogens is 323 g/mol. The maximum Gasteiger partial charge on any atom is 0.270 e. The first-order valence-corrected chi connectivity index (χ1v) is 7.97. The SMILES string of the molecule is CN1c2cccc(F)c2C(C)(C)C12C=Cc1cc([N+](=O)[O-])ccc1O2. The molecular formula is C19H17FN2O3. The fraction of sp³-hybridized carbons (Fsp3) is 0.263. The Morgan fingerprint density at radius 2 is 2.00 bits per heavy atom. The average molecular weight is 340 g/mol. The summed E-state index contributed by atoms with van der Waals surface area (Å²) in [7, 11) is 1.87. The van der Waals surface area contributed by atoms with E-state index in [1.54, 1.807) is 12.1 Å². The average Bonchev–Trinajstić information content (AvgIpc) is 2.74. The minimum Gasteiger partial charge on any atom is -0.463 e. The predicted octanol–water partition coefficient (Wildman–Crippen LogP) is 4.26. The number of non-ortho nitro benzene ring substituents is 1. The number of ether oxygens (including phenoxy) is 1. The van der Waals surface area contributed by atoms with E-state index in [1.807, 2.05) is 44.0 Å². The highest BCUT2D eigenvalue weighted by atomic mass is 19.1. The molecule has 0 bridgehead atoms. The second kappa shape index (κ2) is 4.81. The van der Waals surface area contributed by atoms with Gasteiger partial charge < -0.3 is 9.64 Å². The molecule has 128 valence electrons. The van der Waals surface area contributed by atoms with Crippen molar-refractivity contribution in [2.24, 2.45) is 0 Å². The quantitative estimate of drug-likeness (QED) is 0.575. The molecule has 4 rings (SSSR count). The normalized spacial score (nSPS) is 22.5. The fourth-order valence-corrected chi connectivity index (χ4v) is 3.98. The zero-order valence-electron chi connectivity index (χ0n) is 14.1. The van der Waals surface area contributed by atoms with E-state index in [-0.39, 0.29) is 11.5 Å². The third kappa shape index (κ3) is 1.88. The van der Waals surface area contributed by atoms with Crippen LogP contribution in [0.5, 0.6) is 5.75 Å². The fourth-order valence-electron chi connectivity index (χ4n) is 3.98. The number of rotatable bonds is 1. The Kier molecular flexibility index (Phi) is 3.01. The van der Waals surface area contributed by atoms with Crippen LogP contribution in [-0.4, -0.2) is 17.7 Å². The molecule has 0 aliphatic carbocycles. The van der Waals surface area contributed by atoms with E-state index in [2.05, 4.69) is 0 Å². The molecule has 2 aromatic rings. The number of nitro groups is 1. The maximum absolute atomic E-state index is 14.6. The van der Waals surface area contributed by atoms with E-state index in [1.165, 1.54) is 18.2 Å². The molecule has 0 fully saturated rings. The molecule has 2 aliphatic heterocycles. The number of likely N-dealkylation sites (N-methyl/N-ethyl adjacent to an activating group) is 1. The van der Waals surface area contributed by atoms with E-state index in [0.717, 1.165) is 5.69 Å². The van der Waals surface area contributed by atoms with Crippen LogP contribution in [0.4, 0.5) is 15.8 Å². The predicted molar refractivity (Wildman–Crippen MR) is 93.3 cm³/mol. The molecule has 1 atom stereocenters. The summed E-state index contributed by atoms with van der Waals surface area (Å²) >= 11 is 0. The molecule has 1 spiro atoms. The minimum absolute atomic E-state index is 0.0105. The first kappa shape index (κ1) is 15.6. The van der Waals surface area contributed by atoms with Crippen LogP contribution in [0.2, 0.25) is 0 Å². The van der Waals surface area contributed by atoms with Gasteiger partial charge in [-0.1, -0.05) is 6.07 Å². The van der Waals surface area contributed by atoms with Gasteiger partial charge in [0.2, 0.25) is 5.72 Å². The third-order valence-corrected chi connectivity index (χ3v) is 5.33. The lowest BCUT2D eigenvalue weighted by atomic mass is 9.76. The highest BCUT2D eigenvalue weighted by Crippen LogP contribution is 2.55. The number of nitrogens with zero attached hydrogens (tertiary/aromatic N) is 2. The standard InChI is InChI=1S/C19H17FN2O3/c1-18(2)17-14(20)5-4-6-15(17)21(3)19(18)10-9-12-11-13(22(23)24)7-8-16(12)25-19/h4-11H,1-3H3. The van der Waals surface area contributed by atoms with Gasteiger partial charge in [0.1, 0.15) is 11.6 Å². The Balaban J connectivity index is 1.86. The van der Waals surface area contributed by atoms with Gasteiger partial charge in [0, 0.05) is 36.0 Å². The molecule has 2 aromatic carbocycles. The lowest BCUT2D eigenvalue weighted by Crippen LogP contribution is -2.58. The smallest absolute Gasteiger partial charge is 0.270 e. The first-order chi connectivity index (χ1) is 11.8. The molecule has 5 nitrogen and oxygen atoms in total. The van der Waals surface area contributed by atoms with E-state index in [9.17, 15) is 14.5 Å². The minimum atomic E-state index is -0.902. The van der Waals surface area contributed by atoms with Crippen molar-refractivity contribution in [2.75, 3.05) is 11.9 Å². The summed E-state index contributed by atoms with van der Waals surface area (Å²) < 4.78 is 20.9. The third-order valence-electron chi connectivity index (χ3n) is 5.33. The molecule has 0 saturated heterocycles. The van der Waals surface area contributed by atoms with Gasteiger partial charge in [-0.05, 0) is 44.2 Å². The van der Waals surface area contributed by atoms with Crippen LogP contribution in [0, 0.1) is 15.9 Å². The number of hydrogen-bond donors (Lipinski definition) is 0. The monoisotopic (exact) mass is 340 g/mol. The van der Waals surface area contributed by atoms with E-state index in [4.69, 9.17) is 4.74 Å². The summed E-state index contributed by atoms with van der Waals surface area (Å²) in [6.07, 6.45) is 3.67. The maximum atomic E-state index is 14.6.